The minimum Gasteiger partial charge on any atom is -0.290 e. The van der Waals surface area contributed by atoms with Gasteiger partial charge in [-0.05, 0) is 6.37 Å². The third-order valence-corrected chi connectivity index (χ3v) is 0.612. The van der Waals surface area contributed by atoms with Gasteiger partial charge in [0.25, 0.3) is 0 Å². The predicted octanol–water partition coefficient (Wildman–Crippen LogP) is 2.69. The molecule has 0 atom stereocenters. The topological polar surface area (TPSA) is 56.1 Å². The normalized spacial score (nSPS) is 40.2. The Balaban J connectivity index is 6.77. The first kappa shape index (κ1) is 1.65. The van der Waals surface area contributed by atoms with Gasteiger partial charge in [-0.25, -0.2) is 0 Å². The Morgan fingerprint density at radius 2 is 2.08 bits per heavy atom. The van der Waals surface area contributed by atoms with Gasteiger partial charge in [-0.3, -0.25) is 16.1 Å². The van der Waals surface area contributed by atoms with Crippen molar-refractivity contribution >= 4 is 5.84 Å². The molecule has 72 valence electrons. The third-order valence-electron chi connectivity index (χ3n) is 0.612. The summed E-state index contributed by atoms with van der Waals surface area (Å²) in [6.45, 7) is -3.83. The molecule has 3 nitrogen and oxygen atoms in total. The van der Waals surface area contributed by atoms with Crippen LogP contribution in [-0.2, 0) is 0 Å². The van der Waals surface area contributed by atoms with Crippen LogP contribution >= 0.6 is 0 Å². The second-order valence-electron chi connectivity index (χ2n) is 1.36. The van der Waals surface area contributed by atoms with E-state index < -0.39 is 57.3 Å². The molecule has 0 amide bonds. The Labute approximate surface area is 98.5 Å². The molecule has 0 bridgehead atoms. The molecule has 0 saturated heterocycles. The average Bonchev–Trinajstić information content (AvgIpc) is 2.51. The fraction of sp³-hybridized carbons (Fsp3) is 0.889. The smallest absolute Gasteiger partial charge is 0.117 e. The zero-order valence-electron chi connectivity index (χ0n) is 22.9. The van der Waals surface area contributed by atoms with Gasteiger partial charge in [0.1, 0.15) is 5.84 Å². The number of hydrogen-bond acceptors (Lipinski definition) is 2. The van der Waals surface area contributed by atoms with Crippen LogP contribution in [-0.4, -0.2) is 11.0 Å². The molecule has 0 aliphatic rings. The molecular formula is C9H20N2O. The van der Waals surface area contributed by atoms with Crippen molar-refractivity contribution in [1.82, 2.24) is 5.48 Å². The molecule has 0 spiro atoms. The summed E-state index contributed by atoms with van der Waals surface area (Å²) in [6, 6.07) is 0. The maximum atomic E-state index is 8.64. The molecule has 0 radical (unpaired) electrons. The number of amidine groups is 1. The van der Waals surface area contributed by atoms with Gasteiger partial charge in [-0.2, -0.15) is 0 Å². The Morgan fingerprint density at radius 3 is 2.75 bits per heavy atom. The molecule has 0 rings (SSSR count). The average molecular weight is 189 g/mol. The van der Waals surface area contributed by atoms with Crippen LogP contribution in [0, 0.1) is 5.41 Å². The van der Waals surface area contributed by atoms with E-state index in [1.165, 1.54) is 0 Å². The van der Waals surface area contributed by atoms with E-state index in [0.29, 0.717) is 0 Å². The zero-order valence-corrected chi connectivity index (χ0v) is 5.95. The molecular weight excluding hydrogens is 152 g/mol. The van der Waals surface area contributed by atoms with E-state index in [2.05, 4.69) is 0 Å². The maximum Gasteiger partial charge on any atom is 0.117 e. The SMILES string of the molecule is [2H]C([2H])([2H])C([2H])([2H])C([2H])([2H])C([2H])([2H])C([2H])([2H])C([2H])([2H])C([2H])([2H])C([2H])([2H])C(=N)NO. The van der Waals surface area contributed by atoms with Crippen LogP contribution in [0.1, 0.15) is 74.8 Å². The molecule has 3 heteroatoms. The first-order valence-corrected chi connectivity index (χ1v) is 2.72. The van der Waals surface area contributed by atoms with Crippen molar-refractivity contribution in [2.24, 2.45) is 0 Å². The number of hydroxylamine groups is 1. The van der Waals surface area contributed by atoms with Crippen molar-refractivity contribution in [3.8, 4) is 0 Å². The van der Waals surface area contributed by atoms with E-state index in [-0.39, 0.29) is 0 Å². The van der Waals surface area contributed by atoms with Crippen molar-refractivity contribution in [2.45, 2.75) is 51.5 Å². The summed E-state index contributed by atoms with van der Waals surface area (Å²) in [6.07, 6.45) is -29.4. The molecule has 3 N–H and O–H groups in total. The summed E-state index contributed by atoms with van der Waals surface area (Å²) in [4.78, 5) is 0. The fourth-order valence-electron chi connectivity index (χ4n) is 0.247. The fourth-order valence-corrected chi connectivity index (χ4v) is 0.247. The summed E-state index contributed by atoms with van der Waals surface area (Å²) >= 11 is 0. The standard InChI is InChI=1S/C9H20N2O/c1-2-3-4-5-6-7-8-9(10)11-12/h12H,2-8H2,1H3,(H2,10,11)/i1D3,2D2,3D2,4D2,5D2,6D2,7D2,8D2. The van der Waals surface area contributed by atoms with Crippen LogP contribution in [0.5, 0.6) is 0 Å². The largest absolute Gasteiger partial charge is 0.290 e. The summed E-state index contributed by atoms with van der Waals surface area (Å²) < 4.78 is 128. The maximum absolute atomic E-state index is 8.64. The quantitative estimate of drug-likeness (QED) is 0.328. The van der Waals surface area contributed by atoms with Gasteiger partial charge in [0.05, 0.1) is 0 Å². The molecule has 0 aromatic carbocycles. The van der Waals surface area contributed by atoms with Crippen LogP contribution < -0.4 is 5.48 Å². The molecule has 0 saturated carbocycles. The van der Waals surface area contributed by atoms with Crippen LogP contribution in [0.4, 0.5) is 0 Å². The van der Waals surface area contributed by atoms with Crippen LogP contribution in [0.15, 0.2) is 0 Å². The Morgan fingerprint density at radius 1 is 1.42 bits per heavy atom. The van der Waals surface area contributed by atoms with Gasteiger partial charge in [0.15, 0.2) is 0 Å². The minimum absolute atomic E-state index is 0.925. The highest BCUT2D eigenvalue weighted by Crippen LogP contribution is 2.06. The Hall–Kier alpha value is -0.570. The van der Waals surface area contributed by atoms with Gasteiger partial charge in [-0.15, -0.1) is 0 Å². The molecule has 12 heavy (non-hydrogen) atoms. The number of nitrogens with one attached hydrogen (secondary N) is 2. The predicted molar refractivity (Wildman–Crippen MR) is 50.6 cm³/mol. The van der Waals surface area contributed by atoms with E-state index in [1.807, 2.05) is 0 Å². The zero-order chi connectivity index (χ0) is 24.3. The van der Waals surface area contributed by atoms with Crippen molar-refractivity contribution < 1.29 is 28.5 Å². The van der Waals surface area contributed by atoms with Crippen molar-refractivity contribution in [2.75, 3.05) is 0 Å². The summed E-state index contributed by atoms with van der Waals surface area (Å²) in [7, 11) is 0. The monoisotopic (exact) mass is 189 g/mol. The first-order valence-electron chi connectivity index (χ1n) is 11.2. The second kappa shape index (κ2) is 8.53. The van der Waals surface area contributed by atoms with Crippen LogP contribution in [0.2, 0.25) is 0 Å². The van der Waals surface area contributed by atoms with Gasteiger partial charge in [0, 0.05) is 29.7 Å². The van der Waals surface area contributed by atoms with E-state index in [9.17, 15) is 0 Å². The third kappa shape index (κ3) is 7.54. The van der Waals surface area contributed by atoms with E-state index in [0.717, 1.165) is 5.48 Å². The molecule has 0 unspecified atom stereocenters. The van der Waals surface area contributed by atoms with Crippen LogP contribution in [0.3, 0.4) is 0 Å². The van der Waals surface area contributed by atoms with Gasteiger partial charge in [-0.1, -0.05) is 38.7 Å². The number of hydrogen-bond donors (Lipinski definition) is 3. The molecule has 0 heterocycles. The highest BCUT2D eigenvalue weighted by molar-refractivity contribution is 5.77. The highest BCUT2D eigenvalue weighted by atomic mass is 16.5. The molecule has 0 aromatic heterocycles. The highest BCUT2D eigenvalue weighted by Gasteiger charge is 1.93. The lowest BCUT2D eigenvalue weighted by Gasteiger charge is -2.01. The van der Waals surface area contributed by atoms with E-state index in [1.54, 1.807) is 0 Å². The lowest BCUT2D eigenvalue weighted by Crippen LogP contribution is -2.16. The molecule has 0 fully saturated rings. The van der Waals surface area contributed by atoms with E-state index >= 15 is 0 Å². The second-order valence-corrected chi connectivity index (χ2v) is 1.36. The summed E-state index contributed by atoms with van der Waals surface area (Å²) in [5.74, 6) is -1.66. The van der Waals surface area contributed by atoms with Crippen molar-refractivity contribution in [3.05, 3.63) is 0 Å². The molecule has 0 aliphatic heterocycles. The van der Waals surface area contributed by atoms with Gasteiger partial charge in [0.2, 0.25) is 0 Å². The minimum atomic E-state index is -4.39. The number of rotatable bonds is 7. The first-order chi connectivity index (χ1) is 12.2. The van der Waals surface area contributed by atoms with Gasteiger partial charge >= 0.3 is 0 Å². The summed E-state index contributed by atoms with van der Waals surface area (Å²) in [5, 5.41) is 15.8. The van der Waals surface area contributed by atoms with Crippen molar-refractivity contribution in [1.29, 1.82) is 5.41 Å². The lowest BCUT2D eigenvalue weighted by molar-refractivity contribution is 0.230. The molecule has 0 aliphatic carbocycles. The van der Waals surface area contributed by atoms with E-state index in [4.69, 9.17) is 33.9 Å². The Kier molecular flexibility index (Phi) is 1.17. The lowest BCUT2D eigenvalue weighted by atomic mass is 10.1. The molecule has 0 aromatic rings. The van der Waals surface area contributed by atoms with Crippen molar-refractivity contribution in [3.63, 3.8) is 0 Å². The Bertz CT molecular complexity index is 635. The van der Waals surface area contributed by atoms with Crippen LogP contribution in [0.25, 0.3) is 0 Å². The summed E-state index contributed by atoms with van der Waals surface area (Å²) in [5.41, 5.74) is 0.925. The van der Waals surface area contributed by atoms with Gasteiger partial charge < -0.3 is 0 Å².